The lowest BCUT2D eigenvalue weighted by molar-refractivity contribution is -0.140. The minimum atomic E-state index is -0.00800. The lowest BCUT2D eigenvalue weighted by atomic mass is 10.00. The van der Waals surface area contributed by atoms with Crippen molar-refractivity contribution in [1.82, 2.24) is 10.2 Å². The molecule has 3 unspecified atom stereocenters. The SMILES string of the molecule is CCCNC(C)CCN1C(=O)C2CC(CC)CC2C1=O. The minimum Gasteiger partial charge on any atom is -0.314 e. The van der Waals surface area contributed by atoms with E-state index in [9.17, 15) is 9.59 Å². The number of amides is 2. The van der Waals surface area contributed by atoms with Crippen molar-refractivity contribution < 1.29 is 9.59 Å². The zero-order valence-corrected chi connectivity index (χ0v) is 13.0. The molecule has 0 aromatic heterocycles. The highest BCUT2D eigenvalue weighted by molar-refractivity contribution is 6.05. The minimum absolute atomic E-state index is 0.00800. The van der Waals surface area contributed by atoms with Crippen molar-refractivity contribution in [3.8, 4) is 0 Å². The molecule has 1 N–H and O–H groups in total. The molecule has 0 aromatic carbocycles. The molecule has 1 heterocycles. The summed E-state index contributed by atoms with van der Waals surface area (Å²) in [6.07, 6.45) is 4.89. The summed E-state index contributed by atoms with van der Waals surface area (Å²) < 4.78 is 0. The average Bonchev–Trinajstić information content (AvgIpc) is 2.96. The molecule has 114 valence electrons. The van der Waals surface area contributed by atoms with Gasteiger partial charge in [0.05, 0.1) is 11.8 Å². The quantitative estimate of drug-likeness (QED) is 0.727. The first-order chi connectivity index (χ1) is 9.58. The molecule has 2 aliphatic rings. The van der Waals surface area contributed by atoms with Crippen molar-refractivity contribution in [3.05, 3.63) is 0 Å². The van der Waals surface area contributed by atoms with E-state index in [4.69, 9.17) is 0 Å². The number of nitrogens with one attached hydrogen (secondary N) is 1. The Morgan fingerprint density at radius 1 is 1.20 bits per heavy atom. The Morgan fingerprint density at radius 3 is 2.30 bits per heavy atom. The van der Waals surface area contributed by atoms with Crippen LogP contribution in [0, 0.1) is 17.8 Å². The maximum absolute atomic E-state index is 12.4. The van der Waals surface area contributed by atoms with Crippen LogP contribution in [0.25, 0.3) is 0 Å². The van der Waals surface area contributed by atoms with E-state index in [0.29, 0.717) is 18.5 Å². The monoisotopic (exact) mass is 280 g/mol. The Balaban J connectivity index is 1.86. The molecule has 1 aliphatic heterocycles. The van der Waals surface area contributed by atoms with Gasteiger partial charge in [-0.15, -0.1) is 0 Å². The zero-order chi connectivity index (χ0) is 14.7. The molecule has 0 radical (unpaired) electrons. The number of hydrogen-bond donors (Lipinski definition) is 1. The molecule has 2 fully saturated rings. The molecular formula is C16H28N2O2. The summed E-state index contributed by atoms with van der Waals surface area (Å²) in [5, 5.41) is 3.40. The van der Waals surface area contributed by atoms with Crippen molar-refractivity contribution in [2.75, 3.05) is 13.1 Å². The van der Waals surface area contributed by atoms with Gasteiger partial charge in [-0.1, -0.05) is 20.3 Å². The fraction of sp³-hybridized carbons (Fsp3) is 0.875. The second kappa shape index (κ2) is 6.70. The van der Waals surface area contributed by atoms with Gasteiger partial charge in [-0.05, 0) is 45.1 Å². The molecular weight excluding hydrogens is 252 g/mol. The third-order valence-corrected chi connectivity index (χ3v) is 4.93. The molecule has 4 nitrogen and oxygen atoms in total. The highest BCUT2D eigenvalue weighted by Gasteiger charge is 2.51. The third-order valence-electron chi connectivity index (χ3n) is 4.93. The standard InChI is InChI=1S/C16H28N2O2/c1-4-7-17-11(3)6-8-18-15(19)13-9-12(5-2)10-14(13)16(18)20/h11-14,17H,4-10H2,1-3H3. The Bertz CT molecular complexity index is 345. The summed E-state index contributed by atoms with van der Waals surface area (Å²) >= 11 is 0. The van der Waals surface area contributed by atoms with Crippen molar-refractivity contribution >= 4 is 11.8 Å². The predicted octanol–water partition coefficient (Wildman–Crippen LogP) is 2.19. The van der Waals surface area contributed by atoms with Crippen LogP contribution in [-0.2, 0) is 9.59 Å². The molecule has 0 aromatic rings. The molecule has 20 heavy (non-hydrogen) atoms. The first-order valence-corrected chi connectivity index (χ1v) is 8.17. The summed E-state index contributed by atoms with van der Waals surface area (Å²) in [6.45, 7) is 7.98. The first-order valence-electron chi connectivity index (χ1n) is 8.17. The lowest BCUT2D eigenvalue weighted by Gasteiger charge is -2.20. The molecule has 4 heteroatoms. The van der Waals surface area contributed by atoms with Crippen LogP contribution in [0.1, 0.15) is 52.9 Å². The number of hydrogen-bond acceptors (Lipinski definition) is 3. The van der Waals surface area contributed by atoms with Crippen LogP contribution in [0.4, 0.5) is 0 Å². The Kier molecular flexibility index (Phi) is 5.19. The first kappa shape index (κ1) is 15.5. The van der Waals surface area contributed by atoms with Gasteiger partial charge in [-0.3, -0.25) is 14.5 Å². The van der Waals surface area contributed by atoms with E-state index in [-0.39, 0.29) is 23.7 Å². The van der Waals surface area contributed by atoms with E-state index >= 15 is 0 Å². The Morgan fingerprint density at radius 2 is 1.80 bits per heavy atom. The summed E-state index contributed by atoms with van der Waals surface area (Å²) in [4.78, 5) is 26.3. The number of carbonyl (C=O) groups is 2. The van der Waals surface area contributed by atoms with Crippen LogP contribution in [0.15, 0.2) is 0 Å². The van der Waals surface area contributed by atoms with E-state index < -0.39 is 0 Å². The highest BCUT2D eigenvalue weighted by atomic mass is 16.2. The van der Waals surface area contributed by atoms with E-state index in [1.165, 1.54) is 4.90 Å². The topological polar surface area (TPSA) is 49.4 Å². The van der Waals surface area contributed by atoms with Crippen LogP contribution in [0.2, 0.25) is 0 Å². The van der Waals surface area contributed by atoms with Crippen LogP contribution < -0.4 is 5.32 Å². The molecule has 2 rings (SSSR count). The third kappa shape index (κ3) is 3.05. The number of likely N-dealkylation sites (tertiary alicyclic amines) is 1. The van der Waals surface area contributed by atoms with Gasteiger partial charge in [-0.25, -0.2) is 0 Å². The summed E-state index contributed by atoms with van der Waals surface area (Å²) in [6, 6.07) is 0.361. The van der Waals surface area contributed by atoms with Crippen LogP contribution in [0.3, 0.4) is 0 Å². The van der Waals surface area contributed by atoms with E-state index in [1.54, 1.807) is 0 Å². The van der Waals surface area contributed by atoms with E-state index in [0.717, 1.165) is 38.6 Å². The predicted molar refractivity (Wildman–Crippen MR) is 79.1 cm³/mol. The maximum Gasteiger partial charge on any atom is 0.233 e. The lowest BCUT2D eigenvalue weighted by Crippen LogP contribution is -2.37. The van der Waals surface area contributed by atoms with Gasteiger partial charge in [0.25, 0.3) is 0 Å². The maximum atomic E-state index is 12.4. The van der Waals surface area contributed by atoms with E-state index in [1.807, 2.05) is 0 Å². The molecule has 1 aliphatic carbocycles. The van der Waals surface area contributed by atoms with Gasteiger partial charge in [0, 0.05) is 12.6 Å². The van der Waals surface area contributed by atoms with Gasteiger partial charge in [-0.2, -0.15) is 0 Å². The van der Waals surface area contributed by atoms with Gasteiger partial charge < -0.3 is 5.32 Å². The highest BCUT2D eigenvalue weighted by Crippen LogP contribution is 2.44. The number of rotatable bonds is 7. The van der Waals surface area contributed by atoms with Crippen LogP contribution in [0.5, 0.6) is 0 Å². The Labute approximate surface area is 122 Å². The molecule has 0 bridgehead atoms. The molecule has 0 spiro atoms. The zero-order valence-electron chi connectivity index (χ0n) is 13.0. The van der Waals surface area contributed by atoms with Gasteiger partial charge in [0.2, 0.25) is 11.8 Å². The number of imide groups is 1. The summed E-state index contributed by atoms with van der Waals surface area (Å²) in [5.74, 6) is 0.750. The van der Waals surface area contributed by atoms with Gasteiger partial charge in [0.1, 0.15) is 0 Å². The van der Waals surface area contributed by atoms with Crippen molar-refractivity contribution in [2.45, 2.75) is 58.9 Å². The smallest absolute Gasteiger partial charge is 0.233 e. The van der Waals surface area contributed by atoms with Crippen molar-refractivity contribution in [1.29, 1.82) is 0 Å². The van der Waals surface area contributed by atoms with Crippen molar-refractivity contribution in [3.63, 3.8) is 0 Å². The molecule has 2 amide bonds. The number of nitrogens with zero attached hydrogens (tertiary/aromatic N) is 1. The van der Waals surface area contributed by atoms with Crippen LogP contribution in [-0.4, -0.2) is 35.8 Å². The molecule has 1 saturated heterocycles. The molecule has 1 saturated carbocycles. The van der Waals surface area contributed by atoms with Gasteiger partial charge in [0.15, 0.2) is 0 Å². The fourth-order valence-electron chi connectivity index (χ4n) is 3.57. The number of fused-ring (bicyclic) bond motifs is 1. The number of carbonyl (C=O) groups excluding carboxylic acids is 2. The van der Waals surface area contributed by atoms with E-state index in [2.05, 4.69) is 26.1 Å². The summed E-state index contributed by atoms with van der Waals surface area (Å²) in [5.41, 5.74) is 0. The Hall–Kier alpha value is -0.900. The average molecular weight is 280 g/mol. The largest absolute Gasteiger partial charge is 0.314 e. The second-order valence-electron chi connectivity index (χ2n) is 6.43. The summed E-state index contributed by atoms with van der Waals surface area (Å²) in [7, 11) is 0. The van der Waals surface area contributed by atoms with Crippen molar-refractivity contribution in [2.24, 2.45) is 17.8 Å². The fourth-order valence-corrected chi connectivity index (χ4v) is 3.57. The second-order valence-corrected chi connectivity index (χ2v) is 6.43. The normalized spacial score (nSPS) is 30.9. The molecule has 3 atom stereocenters. The van der Waals surface area contributed by atoms with Crippen LogP contribution >= 0.6 is 0 Å². The van der Waals surface area contributed by atoms with Gasteiger partial charge >= 0.3 is 0 Å².